The lowest BCUT2D eigenvalue weighted by molar-refractivity contribution is 0.0933. The van der Waals surface area contributed by atoms with Gasteiger partial charge in [-0.3, -0.25) is 14.5 Å². The molecule has 0 bridgehead atoms. The third-order valence-corrected chi connectivity index (χ3v) is 3.26. The SMILES string of the molecule is C=CCn1c([C@@H](C)NC(=O)c2ccccc2F)n[nH]c1=S. The summed E-state index contributed by atoms with van der Waals surface area (Å²) >= 11 is 5.11. The van der Waals surface area contributed by atoms with E-state index >= 15 is 0 Å². The van der Waals surface area contributed by atoms with Crippen molar-refractivity contribution in [1.29, 1.82) is 0 Å². The summed E-state index contributed by atoms with van der Waals surface area (Å²) < 4.78 is 15.7. The Morgan fingerprint density at radius 2 is 2.33 bits per heavy atom. The topological polar surface area (TPSA) is 62.7 Å². The van der Waals surface area contributed by atoms with Crippen LogP contribution >= 0.6 is 12.2 Å². The molecule has 1 aromatic carbocycles. The fourth-order valence-electron chi connectivity index (χ4n) is 1.95. The lowest BCUT2D eigenvalue weighted by atomic mass is 10.2. The number of carbonyl (C=O) groups excluding carboxylic acids is 1. The molecular formula is C14H15FN4OS. The van der Waals surface area contributed by atoms with E-state index in [1.165, 1.54) is 18.2 Å². The monoisotopic (exact) mass is 306 g/mol. The molecule has 0 saturated carbocycles. The number of amides is 1. The largest absolute Gasteiger partial charge is 0.342 e. The summed E-state index contributed by atoms with van der Waals surface area (Å²) in [5, 5.41) is 9.47. The molecule has 2 rings (SSSR count). The van der Waals surface area contributed by atoms with E-state index in [0.717, 1.165) is 0 Å². The molecule has 2 aromatic rings. The molecule has 1 heterocycles. The van der Waals surface area contributed by atoms with E-state index in [1.54, 1.807) is 23.6 Å². The molecule has 0 aliphatic heterocycles. The van der Waals surface area contributed by atoms with E-state index in [9.17, 15) is 9.18 Å². The van der Waals surface area contributed by atoms with Gasteiger partial charge in [0.05, 0.1) is 11.6 Å². The van der Waals surface area contributed by atoms with Crippen LogP contribution in [-0.4, -0.2) is 20.7 Å². The van der Waals surface area contributed by atoms with Crippen molar-refractivity contribution in [3.8, 4) is 0 Å². The van der Waals surface area contributed by atoms with Crippen molar-refractivity contribution in [2.45, 2.75) is 19.5 Å². The number of benzene rings is 1. The lowest BCUT2D eigenvalue weighted by Crippen LogP contribution is -2.29. The van der Waals surface area contributed by atoms with Crippen LogP contribution in [0, 0.1) is 10.6 Å². The Morgan fingerprint density at radius 1 is 1.62 bits per heavy atom. The second-order valence-corrected chi connectivity index (χ2v) is 4.85. The smallest absolute Gasteiger partial charge is 0.254 e. The molecule has 0 aliphatic carbocycles. The highest BCUT2D eigenvalue weighted by molar-refractivity contribution is 7.71. The minimum Gasteiger partial charge on any atom is -0.342 e. The molecule has 7 heteroatoms. The summed E-state index contributed by atoms with van der Waals surface area (Å²) in [5.74, 6) is -0.503. The van der Waals surface area contributed by atoms with Crippen LogP contribution in [0.4, 0.5) is 4.39 Å². The maximum atomic E-state index is 13.6. The summed E-state index contributed by atoms with van der Waals surface area (Å²) in [4.78, 5) is 12.1. The molecule has 0 fully saturated rings. The van der Waals surface area contributed by atoms with Crippen LogP contribution in [0.1, 0.15) is 29.1 Å². The van der Waals surface area contributed by atoms with Gasteiger partial charge in [-0.05, 0) is 31.3 Å². The number of allylic oxidation sites excluding steroid dienone is 1. The molecular weight excluding hydrogens is 291 g/mol. The number of aromatic nitrogens is 3. The number of carbonyl (C=O) groups is 1. The summed E-state index contributed by atoms with van der Waals surface area (Å²) in [6.07, 6.45) is 1.68. The van der Waals surface area contributed by atoms with Crippen LogP contribution in [0.15, 0.2) is 36.9 Å². The van der Waals surface area contributed by atoms with Gasteiger partial charge in [0.2, 0.25) is 0 Å². The van der Waals surface area contributed by atoms with Gasteiger partial charge in [-0.15, -0.1) is 6.58 Å². The van der Waals surface area contributed by atoms with Gasteiger partial charge in [0, 0.05) is 6.54 Å². The third kappa shape index (κ3) is 3.25. The number of H-pyrrole nitrogens is 1. The highest BCUT2D eigenvalue weighted by Crippen LogP contribution is 2.13. The molecule has 0 radical (unpaired) electrons. The Morgan fingerprint density at radius 3 is 3.00 bits per heavy atom. The van der Waals surface area contributed by atoms with Crippen LogP contribution < -0.4 is 5.32 Å². The first-order valence-corrected chi connectivity index (χ1v) is 6.76. The van der Waals surface area contributed by atoms with E-state index in [1.807, 2.05) is 0 Å². The summed E-state index contributed by atoms with van der Waals surface area (Å²) in [6.45, 7) is 5.88. The molecule has 5 nitrogen and oxygen atoms in total. The van der Waals surface area contributed by atoms with Crippen LogP contribution in [-0.2, 0) is 6.54 Å². The fraction of sp³-hybridized carbons (Fsp3) is 0.214. The Hall–Kier alpha value is -2.28. The average Bonchev–Trinajstić information content (AvgIpc) is 2.81. The Balaban J connectivity index is 2.20. The predicted octanol–water partition coefficient (Wildman–Crippen LogP) is 2.76. The maximum Gasteiger partial charge on any atom is 0.254 e. The molecule has 0 saturated heterocycles. The number of aromatic amines is 1. The number of nitrogens with zero attached hydrogens (tertiary/aromatic N) is 2. The molecule has 1 atom stereocenters. The maximum absolute atomic E-state index is 13.6. The highest BCUT2D eigenvalue weighted by atomic mass is 32.1. The predicted molar refractivity (Wildman–Crippen MR) is 79.9 cm³/mol. The van der Waals surface area contributed by atoms with Crippen molar-refractivity contribution in [1.82, 2.24) is 20.1 Å². The molecule has 1 amide bonds. The zero-order chi connectivity index (χ0) is 15.4. The van der Waals surface area contributed by atoms with Crippen LogP contribution in [0.5, 0.6) is 0 Å². The van der Waals surface area contributed by atoms with E-state index in [4.69, 9.17) is 12.2 Å². The van der Waals surface area contributed by atoms with E-state index in [-0.39, 0.29) is 5.56 Å². The number of rotatable bonds is 5. The van der Waals surface area contributed by atoms with Crippen molar-refractivity contribution in [2.75, 3.05) is 0 Å². The second-order valence-electron chi connectivity index (χ2n) is 4.46. The summed E-state index contributed by atoms with van der Waals surface area (Å²) in [5.41, 5.74) is -0.00578. The van der Waals surface area contributed by atoms with Gasteiger partial charge in [-0.1, -0.05) is 18.2 Å². The minimum atomic E-state index is -0.563. The van der Waals surface area contributed by atoms with Crippen molar-refractivity contribution >= 4 is 18.1 Å². The van der Waals surface area contributed by atoms with Gasteiger partial charge < -0.3 is 5.32 Å². The van der Waals surface area contributed by atoms with Gasteiger partial charge in [0.15, 0.2) is 10.6 Å². The Bertz CT molecular complexity index is 722. The van der Waals surface area contributed by atoms with Crippen molar-refractivity contribution in [3.05, 3.63) is 58.9 Å². The van der Waals surface area contributed by atoms with E-state index in [0.29, 0.717) is 17.1 Å². The normalized spacial score (nSPS) is 11.9. The van der Waals surface area contributed by atoms with E-state index < -0.39 is 17.8 Å². The number of hydrogen-bond donors (Lipinski definition) is 2. The first-order chi connectivity index (χ1) is 10.0. The molecule has 21 heavy (non-hydrogen) atoms. The van der Waals surface area contributed by atoms with Gasteiger partial charge >= 0.3 is 0 Å². The zero-order valence-corrected chi connectivity index (χ0v) is 12.3. The van der Waals surface area contributed by atoms with Crippen LogP contribution in [0.3, 0.4) is 0 Å². The summed E-state index contributed by atoms with van der Waals surface area (Å²) in [6, 6.07) is 5.39. The van der Waals surface area contributed by atoms with Crippen LogP contribution in [0.25, 0.3) is 0 Å². The number of halogens is 1. The highest BCUT2D eigenvalue weighted by Gasteiger charge is 2.18. The molecule has 0 aliphatic rings. The molecule has 110 valence electrons. The van der Waals surface area contributed by atoms with Crippen molar-refractivity contribution < 1.29 is 9.18 Å². The Kier molecular flexibility index (Phi) is 4.64. The first kappa shape index (κ1) is 15.1. The second kappa shape index (κ2) is 6.45. The number of hydrogen-bond acceptors (Lipinski definition) is 3. The molecule has 1 aromatic heterocycles. The van der Waals surface area contributed by atoms with Gasteiger partial charge in [-0.25, -0.2) is 4.39 Å². The zero-order valence-electron chi connectivity index (χ0n) is 11.5. The van der Waals surface area contributed by atoms with Crippen molar-refractivity contribution in [3.63, 3.8) is 0 Å². The lowest BCUT2D eigenvalue weighted by Gasteiger charge is -2.14. The van der Waals surface area contributed by atoms with Crippen molar-refractivity contribution in [2.24, 2.45) is 0 Å². The van der Waals surface area contributed by atoms with Crippen LogP contribution in [0.2, 0.25) is 0 Å². The Labute approximate surface area is 126 Å². The fourth-order valence-corrected chi connectivity index (χ4v) is 2.16. The average molecular weight is 306 g/mol. The van der Waals surface area contributed by atoms with Gasteiger partial charge in [-0.2, -0.15) is 5.10 Å². The molecule has 0 spiro atoms. The number of nitrogens with one attached hydrogen (secondary N) is 2. The first-order valence-electron chi connectivity index (χ1n) is 6.36. The van der Waals surface area contributed by atoms with Gasteiger partial charge in [0.1, 0.15) is 5.82 Å². The van der Waals surface area contributed by atoms with Gasteiger partial charge in [0.25, 0.3) is 5.91 Å². The standard InChI is InChI=1S/C14H15FN4OS/c1-3-8-19-12(17-18-14(19)21)9(2)16-13(20)10-6-4-5-7-11(10)15/h3-7,9H,1,8H2,2H3,(H,16,20)(H,18,21)/t9-/m1/s1. The minimum absolute atomic E-state index is 0.00578. The summed E-state index contributed by atoms with van der Waals surface area (Å²) in [7, 11) is 0. The van der Waals surface area contributed by atoms with E-state index in [2.05, 4.69) is 22.1 Å². The quantitative estimate of drug-likeness (QED) is 0.659. The molecule has 0 unspecified atom stereocenters. The molecule has 2 N–H and O–H groups in total. The third-order valence-electron chi connectivity index (χ3n) is 2.95.